The maximum absolute atomic E-state index is 10.3. The molecule has 1 aliphatic heterocycles. The number of aliphatic hydroxyl groups excluding tert-OH is 1. The Labute approximate surface area is 125 Å². The van der Waals surface area contributed by atoms with Gasteiger partial charge in [-0.15, -0.1) is 0 Å². The van der Waals surface area contributed by atoms with Gasteiger partial charge in [-0.3, -0.25) is 14.6 Å². The van der Waals surface area contributed by atoms with Gasteiger partial charge in [0.15, 0.2) is 0 Å². The summed E-state index contributed by atoms with van der Waals surface area (Å²) in [6.45, 7) is 3.72. The second-order valence-electron chi connectivity index (χ2n) is 5.89. The molecule has 0 unspecified atom stereocenters. The van der Waals surface area contributed by atoms with Crippen molar-refractivity contribution in [1.29, 1.82) is 0 Å². The summed E-state index contributed by atoms with van der Waals surface area (Å²) in [6.07, 6.45) is 5.30. The normalized spacial score (nSPS) is 22.8. The van der Waals surface area contributed by atoms with Crippen LogP contribution in [0, 0.1) is 6.92 Å². The predicted octanol–water partition coefficient (Wildman–Crippen LogP) is 1.30. The molecular formula is C16H22N4O. The van der Waals surface area contributed by atoms with Crippen LogP contribution < -0.4 is 0 Å². The average Bonchev–Trinajstić information content (AvgIpc) is 3.00. The maximum Gasteiger partial charge on any atom is 0.0711 e. The van der Waals surface area contributed by atoms with Crippen LogP contribution in [0.5, 0.6) is 0 Å². The Kier molecular flexibility index (Phi) is 4.03. The van der Waals surface area contributed by atoms with Crippen LogP contribution in [0.4, 0.5) is 0 Å². The van der Waals surface area contributed by atoms with E-state index in [0.29, 0.717) is 0 Å². The average molecular weight is 286 g/mol. The Bertz CT molecular complexity index is 610. The van der Waals surface area contributed by atoms with Crippen molar-refractivity contribution >= 4 is 0 Å². The Morgan fingerprint density at radius 2 is 2.24 bits per heavy atom. The fourth-order valence-corrected chi connectivity index (χ4v) is 3.08. The van der Waals surface area contributed by atoms with Crippen molar-refractivity contribution < 1.29 is 5.11 Å². The molecule has 0 spiro atoms. The Balaban J connectivity index is 1.71. The first-order chi connectivity index (χ1) is 10.1. The molecule has 3 rings (SSSR count). The fraction of sp³-hybridized carbons (Fsp3) is 0.500. The number of aliphatic hydroxyl groups is 1. The molecule has 112 valence electrons. The number of aromatic nitrogens is 3. The standard InChI is InChI=1S/C16H22N4O/c1-12-4-3-5-14(18-12)11-20-7-6-16(21)15(20)8-13-9-17-19(2)10-13/h3-5,9-10,15-16,21H,6-8,11H2,1-2H3/t15-,16+/m1/s1. The molecule has 5 heteroatoms. The highest BCUT2D eigenvalue weighted by Gasteiger charge is 2.33. The fourth-order valence-electron chi connectivity index (χ4n) is 3.08. The third kappa shape index (κ3) is 3.31. The molecule has 0 amide bonds. The van der Waals surface area contributed by atoms with E-state index in [1.165, 1.54) is 5.56 Å². The van der Waals surface area contributed by atoms with Crippen molar-refractivity contribution in [3.8, 4) is 0 Å². The summed E-state index contributed by atoms with van der Waals surface area (Å²) in [5.74, 6) is 0. The molecule has 2 atom stereocenters. The van der Waals surface area contributed by atoms with Gasteiger partial charge in [0.25, 0.3) is 0 Å². The van der Waals surface area contributed by atoms with Gasteiger partial charge in [0, 0.05) is 38.1 Å². The van der Waals surface area contributed by atoms with Crippen molar-refractivity contribution in [3.63, 3.8) is 0 Å². The number of pyridine rings is 1. The van der Waals surface area contributed by atoms with Gasteiger partial charge >= 0.3 is 0 Å². The predicted molar refractivity (Wildman–Crippen MR) is 80.7 cm³/mol. The zero-order valence-electron chi connectivity index (χ0n) is 12.6. The lowest BCUT2D eigenvalue weighted by atomic mass is 10.0. The van der Waals surface area contributed by atoms with Crippen LogP contribution in [0.2, 0.25) is 0 Å². The summed E-state index contributed by atoms with van der Waals surface area (Å²) < 4.78 is 1.81. The number of hydrogen-bond acceptors (Lipinski definition) is 4. The molecule has 0 saturated carbocycles. The number of nitrogens with zero attached hydrogens (tertiary/aromatic N) is 4. The first-order valence-corrected chi connectivity index (χ1v) is 7.44. The Morgan fingerprint density at radius 3 is 2.95 bits per heavy atom. The zero-order valence-corrected chi connectivity index (χ0v) is 12.6. The third-order valence-corrected chi connectivity index (χ3v) is 4.14. The molecule has 0 radical (unpaired) electrons. The summed E-state index contributed by atoms with van der Waals surface area (Å²) >= 11 is 0. The second kappa shape index (κ2) is 5.95. The van der Waals surface area contributed by atoms with E-state index in [1.54, 1.807) is 0 Å². The van der Waals surface area contributed by atoms with Crippen LogP contribution in [0.1, 0.15) is 23.4 Å². The zero-order chi connectivity index (χ0) is 14.8. The van der Waals surface area contributed by atoms with Gasteiger partial charge in [-0.25, -0.2) is 0 Å². The first-order valence-electron chi connectivity index (χ1n) is 7.44. The smallest absolute Gasteiger partial charge is 0.0711 e. The van der Waals surface area contributed by atoms with E-state index in [-0.39, 0.29) is 12.1 Å². The molecule has 0 aromatic carbocycles. The lowest BCUT2D eigenvalue weighted by Crippen LogP contribution is -2.36. The topological polar surface area (TPSA) is 54.2 Å². The molecule has 21 heavy (non-hydrogen) atoms. The van der Waals surface area contributed by atoms with E-state index in [0.717, 1.165) is 37.3 Å². The van der Waals surface area contributed by atoms with Crippen LogP contribution >= 0.6 is 0 Å². The van der Waals surface area contributed by atoms with E-state index in [4.69, 9.17) is 0 Å². The molecular weight excluding hydrogens is 264 g/mol. The van der Waals surface area contributed by atoms with Gasteiger partial charge in [0.1, 0.15) is 0 Å². The molecule has 1 fully saturated rings. The minimum Gasteiger partial charge on any atom is -0.391 e. The molecule has 1 aliphatic rings. The first kappa shape index (κ1) is 14.2. The number of hydrogen-bond donors (Lipinski definition) is 1. The van der Waals surface area contributed by atoms with E-state index in [9.17, 15) is 5.11 Å². The second-order valence-corrected chi connectivity index (χ2v) is 5.89. The van der Waals surface area contributed by atoms with Crippen molar-refractivity contribution in [3.05, 3.63) is 47.5 Å². The lowest BCUT2D eigenvalue weighted by Gasteiger charge is -2.25. The van der Waals surface area contributed by atoms with Gasteiger partial charge < -0.3 is 5.11 Å². The molecule has 2 aromatic rings. The van der Waals surface area contributed by atoms with Crippen molar-refractivity contribution in [2.75, 3.05) is 6.54 Å². The van der Waals surface area contributed by atoms with Crippen molar-refractivity contribution in [2.24, 2.45) is 7.05 Å². The quantitative estimate of drug-likeness (QED) is 0.920. The van der Waals surface area contributed by atoms with Crippen molar-refractivity contribution in [2.45, 2.75) is 38.5 Å². The summed E-state index contributed by atoms with van der Waals surface area (Å²) in [5, 5.41) is 14.5. The number of aryl methyl sites for hydroxylation is 2. The minimum atomic E-state index is -0.269. The molecule has 1 N–H and O–H groups in total. The number of rotatable bonds is 4. The SMILES string of the molecule is Cc1cccc(CN2CC[C@H](O)[C@H]2Cc2cnn(C)c2)n1. The maximum atomic E-state index is 10.3. The molecule has 1 saturated heterocycles. The highest BCUT2D eigenvalue weighted by Crippen LogP contribution is 2.23. The summed E-state index contributed by atoms with van der Waals surface area (Å²) in [7, 11) is 1.92. The van der Waals surface area contributed by atoms with Crippen molar-refractivity contribution in [1.82, 2.24) is 19.7 Å². The highest BCUT2D eigenvalue weighted by atomic mass is 16.3. The highest BCUT2D eigenvalue weighted by molar-refractivity contribution is 5.12. The molecule has 0 aliphatic carbocycles. The minimum absolute atomic E-state index is 0.150. The summed E-state index contributed by atoms with van der Waals surface area (Å²) in [4.78, 5) is 6.90. The van der Waals surface area contributed by atoms with Crippen LogP contribution in [-0.2, 0) is 20.0 Å². The molecule has 3 heterocycles. The van der Waals surface area contributed by atoms with E-state index in [2.05, 4.69) is 21.0 Å². The van der Waals surface area contributed by atoms with Crippen LogP contribution in [0.3, 0.4) is 0 Å². The van der Waals surface area contributed by atoms with Gasteiger partial charge in [0.05, 0.1) is 18.0 Å². The van der Waals surface area contributed by atoms with E-state index < -0.39 is 0 Å². The van der Waals surface area contributed by atoms with Crippen LogP contribution in [0.25, 0.3) is 0 Å². The molecule has 0 bridgehead atoms. The summed E-state index contributed by atoms with van der Waals surface area (Å²) in [5.41, 5.74) is 3.28. The molecule has 2 aromatic heterocycles. The molecule has 5 nitrogen and oxygen atoms in total. The van der Waals surface area contributed by atoms with Crippen LogP contribution in [-0.4, -0.2) is 43.5 Å². The van der Waals surface area contributed by atoms with E-state index in [1.807, 2.05) is 43.2 Å². The van der Waals surface area contributed by atoms with Gasteiger partial charge in [-0.2, -0.15) is 5.10 Å². The van der Waals surface area contributed by atoms with Gasteiger partial charge in [-0.1, -0.05) is 6.07 Å². The van der Waals surface area contributed by atoms with Gasteiger partial charge in [-0.05, 0) is 37.5 Å². The largest absolute Gasteiger partial charge is 0.391 e. The van der Waals surface area contributed by atoms with E-state index >= 15 is 0 Å². The Hall–Kier alpha value is -1.72. The monoisotopic (exact) mass is 286 g/mol. The third-order valence-electron chi connectivity index (χ3n) is 4.14. The van der Waals surface area contributed by atoms with Crippen LogP contribution in [0.15, 0.2) is 30.6 Å². The lowest BCUT2D eigenvalue weighted by molar-refractivity contribution is 0.112. The summed E-state index contributed by atoms with van der Waals surface area (Å²) in [6, 6.07) is 6.26. The number of likely N-dealkylation sites (tertiary alicyclic amines) is 1. The van der Waals surface area contributed by atoms with Gasteiger partial charge in [0.2, 0.25) is 0 Å². The Morgan fingerprint density at radius 1 is 1.38 bits per heavy atom.